The molecule has 1 aromatic carbocycles. The molecule has 0 aliphatic heterocycles. The highest BCUT2D eigenvalue weighted by atomic mass is 32.2. The fourth-order valence-corrected chi connectivity index (χ4v) is 2.12. The van der Waals surface area contributed by atoms with E-state index in [4.69, 9.17) is 0 Å². The second-order valence-corrected chi connectivity index (χ2v) is 5.08. The maximum absolute atomic E-state index is 11.9. The van der Waals surface area contributed by atoms with Crippen molar-refractivity contribution in [3.05, 3.63) is 35.9 Å². The third-order valence-corrected chi connectivity index (χ3v) is 3.42. The zero-order chi connectivity index (χ0) is 13.6. The highest BCUT2D eigenvalue weighted by Gasteiger charge is 2.27. The van der Waals surface area contributed by atoms with Crippen molar-refractivity contribution >= 4 is 17.7 Å². The molecule has 1 rings (SSSR count). The summed E-state index contributed by atoms with van der Waals surface area (Å²) in [4.78, 5) is 11.2. The summed E-state index contributed by atoms with van der Waals surface area (Å²) in [6.45, 7) is 0.642. The molecule has 1 aromatic rings. The molecule has 1 N–H and O–H groups in total. The van der Waals surface area contributed by atoms with Crippen LogP contribution in [0.4, 0.5) is 13.2 Å². The molecular formula is C12H14F3NOS. The number of halogens is 3. The molecule has 0 aromatic heterocycles. The Kier molecular flexibility index (Phi) is 5.53. The summed E-state index contributed by atoms with van der Waals surface area (Å²) in [6.07, 6.45) is -4.36. The maximum Gasteiger partial charge on any atom is 0.405 e. The quantitative estimate of drug-likeness (QED) is 0.895. The first kappa shape index (κ1) is 14.9. The van der Waals surface area contributed by atoms with Crippen LogP contribution in [-0.4, -0.2) is 24.4 Å². The van der Waals surface area contributed by atoms with Gasteiger partial charge in [0.1, 0.15) is 6.54 Å². The molecule has 0 aliphatic rings. The van der Waals surface area contributed by atoms with Gasteiger partial charge in [0.15, 0.2) is 0 Å². The van der Waals surface area contributed by atoms with Crippen molar-refractivity contribution in [2.45, 2.75) is 18.3 Å². The van der Waals surface area contributed by atoms with Gasteiger partial charge in [0.25, 0.3) is 0 Å². The van der Waals surface area contributed by atoms with E-state index >= 15 is 0 Å². The Morgan fingerprint density at radius 1 is 1.33 bits per heavy atom. The van der Waals surface area contributed by atoms with E-state index in [1.54, 1.807) is 0 Å². The Hall–Kier alpha value is -1.17. The summed E-state index contributed by atoms with van der Waals surface area (Å²) in [7, 11) is 0. The van der Waals surface area contributed by atoms with E-state index in [-0.39, 0.29) is 11.0 Å². The number of rotatable bonds is 5. The van der Waals surface area contributed by atoms with Gasteiger partial charge < -0.3 is 5.32 Å². The van der Waals surface area contributed by atoms with Gasteiger partial charge in [0.05, 0.1) is 5.75 Å². The maximum atomic E-state index is 11.9. The number of carbonyl (C=O) groups is 1. The van der Waals surface area contributed by atoms with Crippen molar-refractivity contribution in [2.24, 2.45) is 0 Å². The minimum absolute atomic E-state index is 0.0200. The van der Waals surface area contributed by atoms with Gasteiger partial charge in [-0.2, -0.15) is 13.2 Å². The fraction of sp³-hybridized carbons (Fsp3) is 0.417. The van der Waals surface area contributed by atoms with Crippen molar-refractivity contribution in [2.75, 3.05) is 12.3 Å². The molecule has 0 unspecified atom stereocenters. The summed E-state index contributed by atoms with van der Waals surface area (Å²) in [6, 6.07) is 9.50. The van der Waals surface area contributed by atoms with Crippen molar-refractivity contribution in [3.8, 4) is 0 Å². The van der Waals surface area contributed by atoms with Gasteiger partial charge in [-0.3, -0.25) is 4.79 Å². The van der Waals surface area contributed by atoms with Gasteiger partial charge in [-0.05, 0) is 12.5 Å². The zero-order valence-electron chi connectivity index (χ0n) is 9.83. The van der Waals surface area contributed by atoms with Gasteiger partial charge in [-0.15, -0.1) is 11.8 Å². The van der Waals surface area contributed by atoms with Crippen LogP contribution in [0.15, 0.2) is 30.3 Å². The number of nitrogens with one attached hydrogen (secondary N) is 1. The zero-order valence-corrected chi connectivity index (χ0v) is 10.6. The summed E-state index contributed by atoms with van der Waals surface area (Å²) in [5.74, 6) is -0.577. The number of thioether (sulfide) groups is 1. The number of carbonyl (C=O) groups excluding carboxylic acids is 1. The molecule has 0 heterocycles. The summed E-state index contributed by atoms with van der Waals surface area (Å²) in [5, 5.41) is 1.92. The molecule has 2 nitrogen and oxygen atoms in total. The number of hydrogen-bond donors (Lipinski definition) is 1. The molecule has 0 bridgehead atoms. The predicted octanol–water partition coefficient (Wildman–Crippen LogP) is 3.16. The van der Waals surface area contributed by atoms with Crippen LogP contribution in [0.1, 0.15) is 17.7 Å². The lowest BCUT2D eigenvalue weighted by molar-refractivity contribution is -0.136. The van der Waals surface area contributed by atoms with Crippen LogP contribution in [0.5, 0.6) is 0 Å². The van der Waals surface area contributed by atoms with E-state index in [0.717, 1.165) is 5.56 Å². The molecule has 0 saturated heterocycles. The van der Waals surface area contributed by atoms with Crippen molar-refractivity contribution < 1.29 is 18.0 Å². The Morgan fingerprint density at radius 2 is 1.94 bits per heavy atom. The van der Waals surface area contributed by atoms with Gasteiger partial charge in [0.2, 0.25) is 5.91 Å². The second kappa shape index (κ2) is 6.68. The lowest BCUT2D eigenvalue weighted by Crippen LogP contribution is -2.34. The third kappa shape index (κ3) is 5.95. The Balaban J connectivity index is 2.31. The van der Waals surface area contributed by atoms with Crippen LogP contribution < -0.4 is 5.32 Å². The lowest BCUT2D eigenvalue weighted by Gasteiger charge is -2.12. The average molecular weight is 277 g/mol. The van der Waals surface area contributed by atoms with Crippen LogP contribution in [0, 0.1) is 0 Å². The molecule has 1 amide bonds. The Bertz CT molecular complexity index is 381. The number of benzene rings is 1. The van der Waals surface area contributed by atoms with Crippen molar-refractivity contribution in [1.29, 1.82) is 0 Å². The topological polar surface area (TPSA) is 29.1 Å². The first-order valence-corrected chi connectivity index (χ1v) is 6.43. The molecular weight excluding hydrogens is 263 g/mol. The number of hydrogen-bond acceptors (Lipinski definition) is 2. The highest BCUT2D eigenvalue weighted by Crippen LogP contribution is 2.27. The molecule has 6 heteroatoms. The molecule has 0 saturated carbocycles. The van der Waals surface area contributed by atoms with E-state index < -0.39 is 18.6 Å². The van der Waals surface area contributed by atoms with E-state index in [9.17, 15) is 18.0 Å². The molecule has 100 valence electrons. The SMILES string of the molecule is C[C@H](SCC(=O)NCC(F)(F)F)c1ccccc1. The number of amides is 1. The van der Waals surface area contributed by atoms with Crippen LogP contribution in [0.25, 0.3) is 0 Å². The third-order valence-electron chi connectivity index (χ3n) is 2.22. The van der Waals surface area contributed by atoms with E-state index in [2.05, 4.69) is 0 Å². The van der Waals surface area contributed by atoms with Gasteiger partial charge >= 0.3 is 6.18 Å². The summed E-state index contributed by atoms with van der Waals surface area (Å²) >= 11 is 1.31. The van der Waals surface area contributed by atoms with E-state index in [0.29, 0.717) is 0 Å². The van der Waals surface area contributed by atoms with Gasteiger partial charge in [-0.25, -0.2) is 0 Å². The molecule has 0 spiro atoms. The highest BCUT2D eigenvalue weighted by molar-refractivity contribution is 8.00. The minimum Gasteiger partial charge on any atom is -0.346 e. The van der Waals surface area contributed by atoms with Crippen LogP contribution in [0.3, 0.4) is 0 Å². The largest absolute Gasteiger partial charge is 0.405 e. The molecule has 0 radical (unpaired) electrons. The monoisotopic (exact) mass is 277 g/mol. The molecule has 1 atom stereocenters. The standard InChI is InChI=1S/C12H14F3NOS/c1-9(10-5-3-2-4-6-10)18-7-11(17)16-8-12(13,14)15/h2-6,9H,7-8H2,1H3,(H,16,17)/t9-/m0/s1. The lowest BCUT2D eigenvalue weighted by atomic mass is 10.2. The van der Waals surface area contributed by atoms with Crippen molar-refractivity contribution in [1.82, 2.24) is 5.32 Å². The molecule has 0 aliphatic carbocycles. The first-order chi connectivity index (χ1) is 8.38. The van der Waals surface area contributed by atoms with Crippen LogP contribution in [0.2, 0.25) is 0 Å². The Labute approximate surface area is 108 Å². The number of alkyl halides is 3. The molecule has 0 fully saturated rings. The van der Waals surface area contributed by atoms with Gasteiger partial charge in [0, 0.05) is 5.25 Å². The van der Waals surface area contributed by atoms with Crippen molar-refractivity contribution in [3.63, 3.8) is 0 Å². The average Bonchev–Trinajstić information content (AvgIpc) is 2.33. The summed E-state index contributed by atoms with van der Waals surface area (Å²) < 4.78 is 35.6. The van der Waals surface area contributed by atoms with E-state index in [1.807, 2.05) is 42.6 Å². The fourth-order valence-electron chi connectivity index (χ4n) is 1.27. The normalized spacial score (nSPS) is 13.1. The predicted molar refractivity (Wildman–Crippen MR) is 66.4 cm³/mol. The van der Waals surface area contributed by atoms with Crippen LogP contribution in [-0.2, 0) is 4.79 Å². The second-order valence-electron chi connectivity index (χ2n) is 3.76. The van der Waals surface area contributed by atoms with E-state index in [1.165, 1.54) is 11.8 Å². The summed E-state index contributed by atoms with van der Waals surface area (Å²) in [5.41, 5.74) is 1.05. The Morgan fingerprint density at radius 3 is 2.50 bits per heavy atom. The molecule has 18 heavy (non-hydrogen) atoms. The van der Waals surface area contributed by atoms with Gasteiger partial charge in [-0.1, -0.05) is 30.3 Å². The first-order valence-electron chi connectivity index (χ1n) is 5.38. The smallest absolute Gasteiger partial charge is 0.346 e. The van der Waals surface area contributed by atoms with Crippen LogP contribution >= 0.6 is 11.8 Å². The minimum atomic E-state index is -4.36.